The summed E-state index contributed by atoms with van der Waals surface area (Å²) in [5.74, 6) is -1.08. The molecule has 0 aliphatic rings. The van der Waals surface area contributed by atoms with Crippen LogP contribution < -0.4 is 21.2 Å². The van der Waals surface area contributed by atoms with Gasteiger partial charge in [-0.1, -0.05) is 0 Å². The Balaban J connectivity index is 3.30. The van der Waals surface area contributed by atoms with Gasteiger partial charge < -0.3 is 0 Å². The van der Waals surface area contributed by atoms with Crippen LogP contribution in [-0.2, 0) is 0 Å². The Kier molecular flexibility index (Phi) is 3.75. The molecular formula is C7H5Cl2INO2-. The van der Waals surface area contributed by atoms with E-state index in [1.165, 1.54) is 6.07 Å². The second kappa shape index (κ2) is 4.43. The van der Waals surface area contributed by atoms with Crippen LogP contribution >= 0.6 is 23.2 Å². The summed E-state index contributed by atoms with van der Waals surface area (Å²) >= 11 is 11.1. The molecule has 0 amide bonds. The standard InChI is InChI=1S/C7H5Cl2INO2/c1-10-4-2-3(7(12)13)5(8)11-6(4)9/h2H,1H3,(H,12,13)/q-1. The van der Waals surface area contributed by atoms with Crippen molar-refractivity contribution in [1.82, 2.24) is 4.98 Å². The third-order valence-electron chi connectivity index (χ3n) is 1.32. The zero-order valence-electron chi connectivity index (χ0n) is 6.51. The van der Waals surface area contributed by atoms with Crippen molar-refractivity contribution in [2.75, 3.05) is 4.93 Å². The average Bonchev–Trinajstić information content (AvgIpc) is 2.03. The second-order valence-corrected chi connectivity index (χ2v) is 5.05. The zero-order chi connectivity index (χ0) is 10.0. The summed E-state index contributed by atoms with van der Waals surface area (Å²) in [4.78, 5) is 16.4. The van der Waals surface area contributed by atoms with Gasteiger partial charge in [-0.3, -0.25) is 0 Å². The second-order valence-electron chi connectivity index (χ2n) is 2.09. The molecule has 0 aromatic carbocycles. The van der Waals surface area contributed by atoms with E-state index in [-0.39, 0.29) is 31.9 Å². The molecule has 0 fully saturated rings. The Hall–Kier alpha value is -0.0700. The molecule has 0 bridgehead atoms. The fourth-order valence-electron chi connectivity index (χ4n) is 0.728. The van der Waals surface area contributed by atoms with Gasteiger partial charge in [-0.2, -0.15) is 0 Å². The Bertz CT molecular complexity index is 357. The van der Waals surface area contributed by atoms with Crippen molar-refractivity contribution < 1.29 is 31.1 Å². The number of rotatable bonds is 2. The molecular weight excluding hydrogens is 328 g/mol. The number of pyridine rings is 1. The quantitative estimate of drug-likeness (QED) is 0.428. The Morgan fingerprint density at radius 3 is 2.62 bits per heavy atom. The van der Waals surface area contributed by atoms with Crippen molar-refractivity contribution in [2.24, 2.45) is 0 Å². The molecule has 72 valence electrons. The molecule has 1 N–H and O–H groups in total. The van der Waals surface area contributed by atoms with E-state index in [4.69, 9.17) is 28.3 Å². The fourth-order valence-corrected chi connectivity index (χ4v) is 2.80. The number of halogens is 3. The van der Waals surface area contributed by atoms with Gasteiger partial charge in [0.05, 0.1) is 0 Å². The molecule has 0 aliphatic carbocycles. The maximum atomic E-state index is 10.6. The third kappa shape index (κ3) is 2.45. The first kappa shape index (κ1) is 11.0. The van der Waals surface area contributed by atoms with Gasteiger partial charge in [0.25, 0.3) is 0 Å². The summed E-state index contributed by atoms with van der Waals surface area (Å²) in [6.07, 6.45) is 0. The molecule has 0 saturated carbocycles. The summed E-state index contributed by atoms with van der Waals surface area (Å²) < 4.78 is 0.794. The molecule has 0 saturated heterocycles. The number of alkyl halides is 1. The molecule has 3 nitrogen and oxygen atoms in total. The van der Waals surface area contributed by atoms with Crippen LogP contribution in [-0.4, -0.2) is 21.0 Å². The maximum absolute atomic E-state index is 10.6. The van der Waals surface area contributed by atoms with Gasteiger partial charge in [-0.15, -0.1) is 0 Å². The van der Waals surface area contributed by atoms with Crippen molar-refractivity contribution >= 4 is 29.2 Å². The van der Waals surface area contributed by atoms with Crippen LogP contribution in [0.4, 0.5) is 0 Å². The summed E-state index contributed by atoms with van der Waals surface area (Å²) in [7, 11) is 0. The molecule has 0 spiro atoms. The molecule has 0 radical (unpaired) electrons. The van der Waals surface area contributed by atoms with E-state index in [1.807, 2.05) is 4.93 Å². The SMILES string of the molecule is C[I-]c1cc(C(=O)O)c(Cl)nc1Cl. The number of carbonyl (C=O) groups is 1. The van der Waals surface area contributed by atoms with Crippen molar-refractivity contribution in [3.63, 3.8) is 0 Å². The van der Waals surface area contributed by atoms with Gasteiger partial charge in [0.2, 0.25) is 0 Å². The molecule has 1 heterocycles. The number of nitrogens with zero attached hydrogens (tertiary/aromatic N) is 1. The average molecular weight is 333 g/mol. The van der Waals surface area contributed by atoms with Gasteiger partial charge in [-0.25, -0.2) is 0 Å². The van der Waals surface area contributed by atoms with Crippen LogP contribution in [0.2, 0.25) is 10.3 Å². The molecule has 6 heteroatoms. The molecule has 1 aromatic heterocycles. The van der Waals surface area contributed by atoms with E-state index in [0.29, 0.717) is 5.15 Å². The first-order valence-corrected chi connectivity index (χ1v) is 7.14. The summed E-state index contributed by atoms with van der Waals surface area (Å²) in [5.41, 5.74) is 0.0163. The third-order valence-corrected chi connectivity index (χ3v) is 4.20. The van der Waals surface area contributed by atoms with Gasteiger partial charge in [-0.05, 0) is 0 Å². The van der Waals surface area contributed by atoms with Crippen molar-refractivity contribution in [3.05, 3.63) is 25.5 Å². The predicted octanol–water partition coefficient (Wildman–Crippen LogP) is -1.03. The van der Waals surface area contributed by atoms with Gasteiger partial charge in [0, 0.05) is 0 Å². The molecule has 1 aromatic rings. The number of hydrogen-bond acceptors (Lipinski definition) is 2. The number of aromatic nitrogens is 1. The minimum absolute atomic E-state index is 0.0163. The Morgan fingerprint density at radius 1 is 1.54 bits per heavy atom. The minimum atomic E-state index is -1.08. The molecule has 13 heavy (non-hydrogen) atoms. The normalized spacial score (nSPS) is 10.4. The summed E-state index contributed by atoms with van der Waals surface area (Å²) in [6.45, 7) is 0. The van der Waals surface area contributed by atoms with E-state index in [0.717, 1.165) is 3.57 Å². The monoisotopic (exact) mass is 332 g/mol. The van der Waals surface area contributed by atoms with Crippen LogP contribution in [0.3, 0.4) is 0 Å². The van der Waals surface area contributed by atoms with Gasteiger partial charge in [0.1, 0.15) is 0 Å². The van der Waals surface area contributed by atoms with Crippen molar-refractivity contribution in [1.29, 1.82) is 0 Å². The Labute approximate surface area is 95.3 Å². The van der Waals surface area contributed by atoms with Crippen LogP contribution in [0, 0.1) is 3.57 Å². The van der Waals surface area contributed by atoms with E-state index in [2.05, 4.69) is 4.98 Å². The summed E-state index contributed by atoms with van der Waals surface area (Å²) in [5, 5.41) is 8.97. The summed E-state index contributed by atoms with van der Waals surface area (Å²) in [6, 6.07) is 1.49. The van der Waals surface area contributed by atoms with Crippen LogP contribution in [0.1, 0.15) is 10.4 Å². The van der Waals surface area contributed by atoms with Crippen LogP contribution in [0.15, 0.2) is 6.07 Å². The first-order chi connectivity index (χ1) is 6.06. The van der Waals surface area contributed by atoms with Gasteiger partial charge in [0.15, 0.2) is 0 Å². The number of carboxylic acids is 1. The van der Waals surface area contributed by atoms with E-state index in [9.17, 15) is 4.79 Å². The van der Waals surface area contributed by atoms with E-state index >= 15 is 0 Å². The number of aromatic carboxylic acids is 1. The van der Waals surface area contributed by atoms with Crippen molar-refractivity contribution in [2.45, 2.75) is 0 Å². The molecule has 0 atom stereocenters. The predicted molar refractivity (Wildman–Crippen MR) is 45.8 cm³/mol. The zero-order valence-corrected chi connectivity index (χ0v) is 10.2. The van der Waals surface area contributed by atoms with Crippen LogP contribution in [0.25, 0.3) is 0 Å². The van der Waals surface area contributed by atoms with Crippen LogP contribution in [0.5, 0.6) is 0 Å². The Morgan fingerprint density at radius 2 is 2.15 bits per heavy atom. The number of hydrogen-bond donors (Lipinski definition) is 1. The first-order valence-electron chi connectivity index (χ1n) is 3.15. The fraction of sp³-hybridized carbons (Fsp3) is 0.143. The van der Waals surface area contributed by atoms with E-state index in [1.54, 1.807) is 0 Å². The topological polar surface area (TPSA) is 50.2 Å². The molecule has 0 unspecified atom stereocenters. The molecule has 1 rings (SSSR count). The van der Waals surface area contributed by atoms with Crippen molar-refractivity contribution in [3.8, 4) is 0 Å². The number of carboxylic acid groups (broad SMARTS) is 1. The van der Waals surface area contributed by atoms with E-state index < -0.39 is 5.97 Å². The molecule has 0 aliphatic heterocycles. The van der Waals surface area contributed by atoms with Gasteiger partial charge >= 0.3 is 95.7 Å².